The Labute approximate surface area is 107 Å². The Balaban J connectivity index is 2.12. The summed E-state index contributed by atoms with van der Waals surface area (Å²) in [6, 6.07) is 7.88. The molecule has 0 fully saturated rings. The second kappa shape index (κ2) is 5.19. The molecule has 0 radical (unpaired) electrons. The average Bonchev–Trinajstić information content (AvgIpc) is 2.32. The summed E-state index contributed by atoms with van der Waals surface area (Å²) < 4.78 is 0. The van der Waals surface area contributed by atoms with E-state index in [1.807, 2.05) is 36.7 Å². The molecule has 1 aromatic carbocycles. The maximum absolute atomic E-state index is 5.98. The number of hydrogen-bond acceptors (Lipinski definition) is 2. The molecule has 1 aromatic heterocycles. The van der Waals surface area contributed by atoms with Crippen LogP contribution in [0.2, 0.25) is 5.02 Å². The largest absolute Gasteiger partial charge is 0.381 e. The number of aryl methyl sites for hydroxylation is 2. The lowest BCUT2D eigenvalue weighted by Crippen LogP contribution is -2.03. The normalized spacial score (nSPS) is 10.3. The topological polar surface area (TPSA) is 24.9 Å². The number of pyridine rings is 1. The van der Waals surface area contributed by atoms with Crippen LogP contribution >= 0.6 is 11.6 Å². The van der Waals surface area contributed by atoms with Gasteiger partial charge in [0.25, 0.3) is 0 Å². The zero-order chi connectivity index (χ0) is 12.3. The summed E-state index contributed by atoms with van der Waals surface area (Å²) in [6.07, 6.45) is 3.70. The lowest BCUT2D eigenvalue weighted by Gasteiger charge is -2.11. The Morgan fingerprint density at radius 1 is 1.18 bits per heavy atom. The monoisotopic (exact) mass is 246 g/mol. The third-order valence-electron chi connectivity index (χ3n) is 2.82. The van der Waals surface area contributed by atoms with Crippen molar-refractivity contribution in [2.45, 2.75) is 20.4 Å². The number of hydrogen-bond donors (Lipinski definition) is 1. The SMILES string of the molecule is Cc1ccncc1CNc1cc(Cl)ccc1C. The lowest BCUT2D eigenvalue weighted by atomic mass is 10.1. The number of anilines is 1. The van der Waals surface area contributed by atoms with Gasteiger partial charge in [-0.25, -0.2) is 0 Å². The van der Waals surface area contributed by atoms with Crippen molar-refractivity contribution in [1.29, 1.82) is 0 Å². The lowest BCUT2D eigenvalue weighted by molar-refractivity contribution is 1.08. The first kappa shape index (κ1) is 11.9. The zero-order valence-electron chi connectivity index (χ0n) is 10.00. The molecule has 0 amide bonds. The number of halogens is 1. The van der Waals surface area contributed by atoms with E-state index in [1.54, 1.807) is 0 Å². The van der Waals surface area contributed by atoms with Crippen molar-refractivity contribution < 1.29 is 0 Å². The number of benzene rings is 1. The van der Waals surface area contributed by atoms with E-state index in [0.29, 0.717) is 0 Å². The Hall–Kier alpha value is -1.54. The van der Waals surface area contributed by atoms with Crippen molar-refractivity contribution in [3.8, 4) is 0 Å². The Kier molecular flexibility index (Phi) is 3.64. The van der Waals surface area contributed by atoms with Gasteiger partial charge < -0.3 is 5.32 Å². The van der Waals surface area contributed by atoms with Crippen molar-refractivity contribution in [1.82, 2.24) is 4.98 Å². The molecule has 17 heavy (non-hydrogen) atoms. The van der Waals surface area contributed by atoms with Gasteiger partial charge >= 0.3 is 0 Å². The molecule has 2 aromatic rings. The molecule has 3 heteroatoms. The van der Waals surface area contributed by atoms with Gasteiger partial charge in [-0.2, -0.15) is 0 Å². The van der Waals surface area contributed by atoms with Crippen LogP contribution in [0.3, 0.4) is 0 Å². The smallest absolute Gasteiger partial charge is 0.0426 e. The van der Waals surface area contributed by atoms with Crippen LogP contribution in [0.4, 0.5) is 5.69 Å². The molecule has 0 spiro atoms. The maximum Gasteiger partial charge on any atom is 0.0426 e. The Morgan fingerprint density at radius 2 is 2.00 bits per heavy atom. The Bertz CT molecular complexity index is 523. The molecule has 0 saturated heterocycles. The van der Waals surface area contributed by atoms with Crippen LogP contribution in [0, 0.1) is 13.8 Å². The van der Waals surface area contributed by atoms with Crippen molar-refractivity contribution in [3.05, 3.63) is 58.4 Å². The third kappa shape index (κ3) is 2.98. The first-order chi connectivity index (χ1) is 8.16. The van der Waals surface area contributed by atoms with Crippen LogP contribution in [0.15, 0.2) is 36.7 Å². The maximum atomic E-state index is 5.98. The van der Waals surface area contributed by atoms with E-state index in [1.165, 1.54) is 16.7 Å². The standard InChI is InChI=1S/C14H15ClN2/c1-10-5-6-16-8-12(10)9-17-14-7-13(15)4-3-11(14)2/h3-8,17H,9H2,1-2H3. The summed E-state index contributed by atoms with van der Waals surface area (Å²) in [6.45, 7) is 4.92. The highest BCUT2D eigenvalue weighted by molar-refractivity contribution is 6.30. The number of nitrogens with one attached hydrogen (secondary N) is 1. The van der Waals surface area contributed by atoms with Gasteiger partial charge in [0.15, 0.2) is 0 Å². The fourth-order valence-corrected chi connectivity index (χ4v) is 1.83. The van der Waals surface area contributed by atoms with Crippen LogP contribution in [-0.2, 0) is 6.54 Å². The minimum atomic E-state index is 0.751. The molecule has 2 nitrogen and oxygen atoms in total. The summed E-state index contributed by atoms with van der Waals surface area (Å²) in [4.78, 5) is 4.13. The molecule has 2 rings (SSSR count). The third-order valence-corrected chi connectivity index (χ3v) is 3.05. The highest BCUT2D eigenvalue weighted by Gasteiger charge is 2.01. The molecule has 0 atom stereocenters. The molecule has 0 saturated carbocycles. The molecule has 0 bridgehead atoms. The van der Waals surface area contributed by atoms with Gasteiger partial charge in [0.05, 0.1) is 0 Å². The molecule has 88 valence electrons. The molecule has 1 heterocycles. The number of aromatic nitrogens is 1. The van der Waals surface area contributed by atoms with Crippen LogP contribution < -0.4 is 5.32 Å². The van der Waals surface area contributed by atoms with Gasteiger partial charge in [-0.05, 0) is 48.7 Å². The highest BCUT2D eigenvalue weighted by atomic mass is 35.5. The predicted molar refractivity (Wildman–Crippen MR) is 72.5 cm³/mol. The van der Waals surface area contributed by atoms with E-state index in [9.17, 15) is 0 Å². The molecule has 0 aliphatic heterocycles. The van der Waals surface area contributed by atoms with E-state index in [-0.39, 0.29) is 0 Å². The second-order valence-corrected chi connectivity index (χ2v) is 4.55. The van der Waals surface area contributed by atoms with Crippen LogP contribution in [0.5, 0.6) is 0 Å². The molecule has 0 unspecified atom stereocenters. The highest BCUT2D eigenvalue weighted by Crippen LogP contribution is 2.21. The van der Waals surface area contributed by atoms with Gasteiger partial charge in [0.2, 0.25) is 0 Å². The van der Waals surface area contributed by atoms with E-state index >= 15 is 0 Å². The van der Waals surface area contributed by atoms with Crippen molar-refractivity contribution in [2.75, 3.05) is 5.32 Å². The van der Waals surface area contributed by atoms with Crippen molar-refractivity contribution in [2.24, 2.45) is 0 Å². The predicted octanol–water partition coefficient (Wildman–Crippen LogP) is 3.96. The average molecular weight is 247 g/mol. The summed E-state index contributed by atoms with van der Waals surface area (Å²) in [7, 11) is 0. The summed E-state index contributed by atoms with van der Waals surface area (Å²) in [5, 5.41) is 4.14. The van der Waals surface area contributed by atoms with Crippen LogP contribution in [0.25, 0.3) is 0 Å². The van der Waals surface area contributed by atoms with E-state index in [0.717, 1.165) is 17.3 Å². The number of nitrogens with zero attached hydrogens (tertiary/aromatic N) is 1. The zero-order valence-corrected chi connectivity index (χ0v) is 10.8. The summed E-state index contributed by atoms with van der Waals surface area (Å²) in [5.41, 5.74) is 4.70. The fourth-order valence-electron chi connectivity index (χ4n) is 1.66. The number of rotatable bonds is 3. The van der Waals surface area contributed by atoms with Gasteiger partial charge in [0.1, 0.15) is 0 Å². The van der Waals surface area contributed by atoms with Gasteiger partial charge in [0, 0.05) is 29.6 Å². The molecular formula is C14H15ClN2. The quantitative estimate of drug-likeness (QED) is 0.887. The molecular weight excluding hydrogens is 232 g/mol. The molecule has 0 aliphatic carbocycles. The first-order valence-corrected chi connectivity index (χ1v) is 5.94. The Morgan fingerprint density at radius 3 is 2.76 bits per heavy atom. The van der Waals surface area contributed by atoms with Crippen molar-refractivity contribution in [3.63, 3.8) is 0 Å². The minimum absolute atomic E-state index is 0.751. The van der Waals surface area contributed by atoms with Crippen LogP contribution in [0.1, 0.15) is 16.7 Å². The van der Waals surface area contributed by atoms with Gasteiger partial charge in [-0.3, -0.25) is 4.98 Å². The van der Waals surface area contributed by atoms with E-state index < -0.39 is 0 Å². The molecule has 1 N–H and O–H groups in total. The summed E-state index contributed by atoms with van der Waals surface area (Å²) in [5.74, 6) is 0. The van der Waals surface area contributed by atoms with E-state index in [4.69, 9.17) is 11.6 Å². The summed E-state index contributed by atoms with van der Waals surface area (Å²) >= 11 is 5.98. The first-order valence-electron chi connectivity index (χ1n) is 5.56. The van der Waals surface area contributed by atoms with Crippen LogP contribution in [-0.4, -0.2) is 4.98 Å². The fraction of sp³-hybridized carbons (Fsp3) is 0.214. The van der Waals surface area contributed by atoms with Crippen molar-refractivity contribution >= 4 is 17.3 Å². The second-order valence-electron chi connectivity index (χ2n) is 4.11. The minimum Gasteiger partial charge on any atom is -0.381 e. The molecule has 0 aliphatic rings. The van der Waals surface area contributed by atoms with E-state index in [2.05, 4.69) is 24.1 Å². The van der Waals surface area contributed by atoms with Gasteiger partial charge in [-0.15, -0.1) is 0 Å². The van der Waals surface area contributed by atoms with Gasteiger partial charge in [-0.1, -0.05) is 17.7 Å².